The molecule has 3 rings (SSSR count). The first-order valence-electron chi connectivity index (χ1n) is 7.05. The predicted molar refractivity (Wildman–Crippen MR) is 90.0 cm³/mol. The fourth-order valence-corrected chi connectivity index (χ4v) is 2.76. The van der Waals surface area contributed by atoms with Gasteiger partial charge in [0.05, 0.1) is 17.7 Å². The summed E-state index contributed by atoms with van der Waals surface area (Å²) in [5.41, 5.74) is 2.20. The summed E-state index contributed by atoms with van der Waals surface area (Å²) in [6.45, 7) is 0.425. The van der Waals surface area contributed by atoms with Crippen molar-refractivity contribution in [3.05, 3.63) is 69.2 Å². The molecule has 0 amide bonds. The zero-order valence-corrected chi connectivity index (χ0v) is 13.7. The van der Waals surface area contributed by atoms with Crippen molar-refractivity contribution < 1.29 is 19.4 Å². The van der Waals surface area contributed by atoms with E-state index in [-0.39, 0.29) is 11.3 Å². The number of carbonyl (C=O) groups is 2. The van der Waals surface area contributed by atoms with E-state index in [1.54, 1.807) is 30.3 Å². The number of aromatic carboxylic acids is 1. The highest BCUT2D eigenvalue weighted by Gasteiger charge is 2.21. The average Bonchev–Trinajstić information content (AvgIpc) is 2.67. The number of carboxylic acids is 1. The predicted octanol–water partition coefficient (Wildman–Crippen LogP) is 4.20. The SMILES string of the molecule is O=C(O)c1ccc(/C=C2\CCOc3cc(Br)ccc3C2=O)cc1. The van der Waals surface area contributed by atoms with Gasteiger partial charge in [-0.2, -0.15) is 0 Å². The van der Waals surface area contributed by atoms with Crippen LogP contribution in [0.25, 0.3) is 6.08 Å². The molecule has 23 heavy (non-hydrogen) atoms. The van der Waals surface area contributed by atoms with Gasteiger partial charge >= 0.3 is 5.97 Å². The molecule has 0 radical (unpaired) electrons. The Hall–Kier alpha value is -2.40. The van der Waals surface area contributed by atoms with Gasteiger partial charge in [0.1, 0.15) is 5.75 Å². The van der Waals surface area contributed by atoms with Crippen LogP contribution in [0.3, 0.4) is 0 Å². The molecule has 4 nitrogen and oxygen atoms in total. The monoisotopic (exact) mass is 372 g/mol. The molecule has 2 aromatic carbocycles. The molecule has 0 fully saturated rings. The van der Waals surface area contributed by atoms with Gasteiger partial charge in [0, 0.05) is 16.5 Å². The first-order chi connectivity index (χ1) is 11.0. The molecule has 2 aromatic rings. The van der Waals surface area contributed by atoms with Gasteiger partial charge in [-0.25, -0.2) is 4.79 Å². The molecule has 0 aromatic heterocycles. The molecule has 0 atom stereocenters. The summed E-state index contributed by atoms with van der Waals surface area (Å²) >= 11 is 3.37. The molecule has 0 unspecified atom stereocenters. The second kappa shape index (κ2) is 6.38. The quantitative estimate of drug-likeness (QED) is 0.802. The number of carboxylic acid groups (broad SMARTS) is 1. The van der Waals surface area contributed by atoms with Crippen molar-refractivity contribution >= 4 is 33.8 Å². The van der Waals surface area contributed by atoms with Crippen LogP contribution in [-0.2, 0) is 0 Å². The summed E-state index contributed by atoms with van der Waals surface area (Å²) in [5.74, 6) is -0.455. The Balaban J connectivity index is 1.94. The van der Waals surface area contributed by atoms with Gasteiger partial charge in [0.25, 0.3) is 0 Å². The van der Waals surface area contributed by atoms with Crippen LogP contribution < -0.4 is 4.74 Å². The molecule has 0 spiro atoms. The van der Waals surface area contributed by atoms with Crippen LogP contribution in [0.2, 0.25) is 0 Å². The Morgan fingerprint density at radius 1 is 1.17 bits per heavy atom. The number of carbonyl (C=O) groups excluding carboxylic acids is 1. The minimum absolute atomic E-state index is 0.0627. The van der Waals surface area contributed by atoms with Crippen molar-refractivity contribution in [1.82, 2.24) is 0 Å². The maximum Gasteiger partial charge on any atom is 0.335 e. The molecule has 0 saturated carbocycles. The van der Waals surface area contributed by atoms with E-state index in [0.717, 1.165) is 10.0 Å². The van der Waals surface area contributed by atoms with E-state index in [2.05, 4.69) is 15.9 Å². The van der Waals surface area contributed by atoms with E-state index in [0.29, 0.717) is 29.9 Å². The summed E-state index contributed by atoms with van der Waals surface area (Å²) < 4.78 is 6.51. The van der Waals surface area contributed by atoms with Crippen molar-refractivity contribution in [2.75, 3.05) is 6.61 Å². The van der Waals surface area contributed by atoms with Crippen LogP contribution in [0.15, 0.2) is 52.5 Å². The highest BCUT2D eigenvalue weighted by molar-refractivity contribution is 9.10. The number of Topliss-reactive ketones (excluding diaryl/α,β-unsaturated/α-hetero) is 1. The third kappa shape index (κ3) is 3.35. The van der Waals surface area contributed by atoms with Crippen molar-refractivity contribution in [2.45, 2.75) is 6.42 Å². The lowest BCUT2D eigenvalue weighted by atomic mass is 9.99. The summed E-state index contributed by atoms with van der Waals surface area (Å²) in [5, 5.41) is 8.92. The van der Waals surface area contributed by atoms with Crippen LogP contribution in [0.1, 0.15) is 32.7 Å². The summed E-state index contributed by atoms with van der Waals surface area (Å²) in [7, 11) is 0. The number of fused-ring (bicyclic) bond motifs is 1. The number of rotatable bonds is 2. The number of ketones is 1. The summed E-state index contributed by atoms with van der Waals surface area (Å²) in [6, 6.07) is 11.8. The molecule has 0 saturated heterocycles. The fourth-order valence-electron chi connectivity index (χ4n) is 2.42. The maximum atomic E-state index is 12.7. The van der Waals surface area contributed by atoms with Gasteiger partial charge in [-0.1, -0.05) is 28.1 Å². The molecule has 1 N–H and O–H groups in total. The van der Waals surface area contributed by atoms with Crippen LogP contribution in [-0.4, -0.2) is 23.5 Å². The third-order valence-electron chi connectivity index (χ3n) is 3.61. The second-order valence-corrected chi connectivity index (χ2v) is 6.08. The summed E-state index contributed by atoms with van der Waals surface area (Å²) in [6.07, 6.45) is 2.29. The Morgan fingerprint density at radius 3 is 2.61 bits per heavy atom. The summed E-state index contributed by atoms with van der Waals surface area (Å²) in [4.78, 5) is 23.5. The van der Waals surface area contributed by atoms with Crippen LogP contribution in [0, 0.1) is 0 Å². The Bertz CT molecular complexity index is 806. The molecule has 1 aliphatic rings. The molecule has 1 heterocycles. The topological polar surface area (TPSA) is 63.6 Å². The van der Waals surface area contributed by atoms with Crippen LogP contribution in [0.4, 0.5) is 0 Å². The third-order valence-corrected chi connectivity index (χ3v) is 4.10. The smallest absolute Gasteiger partial charge is 0.335 e. The molecule has 116 valence electrons. The minimum atomic E-state index is -0.970. The fraction of sp³-hybridized carbons (Fsp3) is 0.111. The minimum Gasteiger partial charge on any atom is -0.492 e. The Morgan fingerprint density at radius 2 is 1.91 bits per heavy atom. The standard InChI is InChI=1S/C18H13BrO4/c19-14-5-6-15-16(10-14)23-8-7-13(17(15)20)9-11-1-3-12(4-2-11)18(21)22/h1-6,9-10H,7-8H2,(H,21,22)/b13-9+. The van der Waals surface area contributed by atoms with Gasteiger partial charge < -0.3 is 9.84 Å². The van der Waals surface area contributed by atoms with Crippen LogP contribution >= 0.6 is 15.9 Å². The lowest BCUT2D eigenvalue weighted by Gasteiger charge is -2.05. The second-order valence-electron chi connectivity index (χ2n) is 5.16. The highest BCUT2D eigenvalue weighted by atomic mass is 79.9. The largest absolute Gasteiger partial charge is 0.492 e. The zero-order valence-electron chi connectivity index (χ0n) is 12.1. The zero-order chi connectivity index (χ0) is 16.4. The van der Waals surface area contributed by atoms with Crippen molar-refractivity contribution in [3.8, 4) is 5.75 Å². The van der Waals surface area contributed by atoms with Gasteiger partial charge in [-0.15, -0.1) is 0 Å². The maximum absolute atomic E-state index is 12.7. The lowest BCUT2D eigenvalue weighted by Crippen LogP contribution is -2.02. The first-order valence-corrected chi connectivity index (χ1v) is 7.85. The van der Waals surface area contributed by atoms with Crippen molar-refractivity contribution in [2.24, 2.45) is 0 Å². The van der Waals surface area contributed by atoms with Gasteiger partial charge in [0.15, 0.2) is 5.78 Å². The van der Waals surface area contributed by atoms with E-state index in [1.165, 1.54) is 12.1 Å². The number of benzene rings is 2. The Kier molecular flexibility index (Phi) is 4.30. The Labute approximate surface area is 141 Å². The van der Waals surface area contributed by atoms with E-state index >= 15 is 0 Å². The number of hydrogen-bond acceptors (Lipinski definition) is 3. The number of ether oxygens (including phenoxy) is 1. The van der Waals surface area contributed by atoms with E-state index < -0.39 is 5.97 Å². The molecule has 1 aliphatic heterocycles. The van der Waals surface area contributed by atoms with Crippen molar-refractivity contribution in [1.29, 1.82) is 0 Å². The highest BCUT2D eigenvalue weighted by Crippen LogP contribution is 2.30. The van der Waals surface area contributed by atoms with E-state index in [1.807, 2.05) is 6.07 Å². The molecular weight excluding hydrogens is 360 g/mol. The lowest BCUT2D eigenvalue weighted by molar-refractivity contribution is 0.0696. The average molecular weight is 373 g/mol. The molecule has 0 bridgehead atoms. The van der Waals surface area contributed by atoms with E-state index in [4.69, 9.17) is 9.84 Å². The van der Waals surface area contributed by atoms with Gasteiger partial charge in [-0.05, 0) is 42.0 Å². The number of hydrogen-bond donors (Lipinski definition) is 1. The van der Waals surface area contributed by atoms with Crippen molar-refractivity contribution in [3.63, 3.8) is 0 Å². The molecule has 0 aliphatic carbocycles. The first kappa shape index (κ1) is 15.5. The normalized spacial score (nSPS) is 15.7. The number of halogens is 1. The molecule has 5 heteroatoms. The van der Waals surface area contributed by atoms with E-state index in [9.17, 15) is 9.59 Å². The molecular formula is C18H13BrO4. The van der Waals surface area contributed by atoms with Crippen LogP contribution in [0.5, 0.6) is 5.75 Å². The van der Waals surface area contributed by atoms with Gasteiger partial charge in [0.2, 0.25) is 0 Å². The van der Waals surface area contributed by atoms with Gasteiger partial charge in [-0.3, -0.25) is 4.79 Å².